The van der Waals surface area contributed by atoms with E-state index in [4.69, 9.17) is 0 Å². The summed E-state index contributed by atoms with van der Waals surface area (Å²) >= 11 is 10.0. The minimum absolute atomic E-state index is 0.104. The maximum Gasteiger partial charge on any atom is 0.277 e. The lowest BCUT2D eigenvalue weighted by Gasteiger charge is -2.33. The van der Waals surface area contributed by atoms with Gasteiger partial charge in [0.1, 0.15) is 4.32 Å². The number of nitro benzene ring substituents is 1. The van der Waals surface area contributed by atoms with Gasteiger partial charge in [0.05, 0.1) is 19.9 Å². The van der Waals surface area contributed by atoms with Crippen LogP contribution in [0, 0.1) is 10.1 Å². The van der Waals surface area contributed by atoms with E-state index in [9.17, 15) is 19.7 Å². The number of amides is 1. The maximum absolute atomic E-state index is 12.4. The van der Waals surface area contributed by atoms with Crippen LogP contribution in [0.2, 0.25) is 0 Å². The molecule has 6 nitrogen and oxygen atoms in total. The van der Waals surface area contributed by atoms with Crippen molar-refractivity contribution < 1.29 is 14.5 Å². The van der Waals surface area contributed by atoms with E-state index >= 15 is 0 Å². The van der Waals surface area contributed by atoms with Crippen LogP contribution in [-0.4, -0.2) is 31.5 Å². The van der Waals surface area contributed by atoms with Crippen LogP contribution in [0.4, 0.5) is 5.69 Å². The minimum atomic E-state index is -0.945. The normalized spacial score (nSPS) is 26.0. The predicted molar refractivity (Wildman–Crippen MR) is 102 cm³/mol. The monoisotopic (exact) mass is 520 g/mol. The molecule has 0 saturated heterocycles. The number of rotatable bonds is 2. The number of ketones is 1. The number of benzene rings is 1. The van der Waals surface area contributed by atoms with Crippen LogP contribution in [-0.2, 0) is 4.79 Å². The molecule has 0 N–H and O–H groups in total. The topological polar surface area (TPSA) is 89.6 Å². The smallest absolute Gasteiger partial charge is 0.277 e. The van der Waals surface area contributed by atoms with Crippen LogP contribution in [0.5, 0.6) is 0 Å². The number of hydrogen-bond donors (Lipinski definition) is 0. The van der Waals surface area contributed by atoms with Crippen LogP contribution in [0.15, 0.2) is 39.3 Å². The van der Waals surface area contributed by atoms with Crippen molar-refractivity contribution >= 4 is 70.9 Å². The number of Topliss-reactive ketones (excluding diaryl/α,β-unsaturated/α-hetero) is 1. The first-order chi connectivity index (χ1) is 11.1. The number of carbonyl (C=O) groups is 2. The van der Waals surface area contributed by atoms with Crippen molar-refractivity contribution in [1.29, 1.82) is 0 Å². The van der Waals surface area contributed by atoms with E-state index in [1.54, 1.807) is 13.8 Å². The quantitative estimate of drug-likeness (QED) is 0.328. The summed E-state index contributed by atoms with van der Waals surface area (Å²) in [6.07, 6.45) is 0. The first-order valence-corrected chi connectivity index (χ1v) is 9.19. The van der Waals surface area contributed by atoms with Gasteiger partial charge in [-0.25, -0.2) is 4.99 Å². The van der Waals surface area contributed by atoms with Gasteiger partial charge in [0, 0.05) is 17.7 Å². The molecule has 0 aromatic heterocycles. The first kappa shape index (κ1) is 19.1. The summed E-state index contributed by atoms with van der Waals surface area (Å²) in [5.41, 5.74) is 1.11. The highest BCUT2D eigenvalue weighted by molar-refractivity contribution is 9.13. The zero-order valence-electron chi connectivity index (χ0n) is 12.5. The van der Waals surface area contributed by atoms with E-state index in [1.807, 2.05) is 0 Å². The zero-order valence-corrected chi connectivity index (χ0v) is 17.3. The molecule has 1 aliphatic carbocycles. The molecule has 2 atom stereocenters. The van der Waals surface area contributed by atoms with Gasteiger partial charge in [-0.3, -0.25) is 19.7 Å². The van der Waals surface area contributed by atoms with Gasteiger partial charge in [0.25, 0.3) is 11.6 Å². The van der Waals surface area contributed by atoms with Gasteiger partial charge in [0.2, 0.25) is 0 Å². The van der Waals surface area contributed by atoms with Crippen molar-refractivity contribution in [2.45, 2.75) is 23.0 Å². The number of aliphatic imine (C=N–C) groups is 1. The van der Waals surface area contributed by atoms with E-state index in [-0.39, 0.29) is 17.0 Å². The maximum atomic E-state index is 12.4. The number of nitrogens with zero attached hydrogens (tertiary/aromatic N) is 2. The first-order valence-electron chi connectivity index (χ1n) is 6.69. The molecule has 9 heteroatoms. The predicted octanol–water partition coefficient (Wildman–Crippen LogP) is 4.34. The van der Waals surface area contributed by atoms with Crippen molar-refractivity contribution in [3.05, 3.63) is 50.0 Å². The summed E-state index contributed by atoms with van der Waals surface area (Å²) in [5, 5.41) is 10.7. The highest BCUT2D eigenvalue weighted by Gasteiger charge is 2.46. The molecule has 0 fully saturated rings. The van der Waals surface area contributed by atoms with Crippen molar-refractivity contribution in [3.63, 3.8) is 0 Å². The van der Waals surface area contributed by atoms with Crippen LogP contribution >= 0.6 is 47.8 Å². The standard InChI is InChI=1S/C15H11Br3N2O4/c1-7-10(16)13(21)15(2,18)12(17)11(7)19-14(22)8-3-5-9(6-4-8)20(23)24/h3-6,12H,1-2H3. The number of halogens is 3. The number of allylic oxidation sites excluding steroid dienone is 2. The fraction of sp³-hybridized carbons (Fsp3) is 0.267. The summed E-state index contributed by atoms with van der Waals surface area (Å²) in [4.78, 5) is 38.4. The second-order valence-corrected chi connectivity index (χ2v) is 8.67. The third kappa shape index (κ3) is 3.43. The van der Waals surface area contributed by atoms with E-state index < -0.39 is 20.0 Å². The number of non-ortho nitro benzene ring substituents is 1. The van der Waals surface area contributed by atoms with Crippen molar-refractivity contribution in [3.8, 4) is 0 Å². The van der Waals surface area contributed by atoms with Gasteiger partial charge in [-0.15, -0.1) is 0 Å². The Hall–Kier alpha value is -1.19. The molecule has 24 heavy (non-hydrogen) atoms. The van der Waals surface area contributed by atoms with Crippen molar-refractivity contribution in [1.82, 2.24) is 0 Å². The van der Waals surface area contributed by atoms with Gasteiger partial charge in [-0.1, -0.05) is 31.9 Å². The SMILES string of the molecule is CC1=C(Br)C(=O)C(C)(Br)C(Br)C1=NC(=O)c1ccc([N+](=O)[O-])cc1. The molecule has 0 bridgehead atoms. The van der Waals surface area contributed by atoms with Gasteiger partial charge >= 0.3 is 0 Å². The lowest BCUT2D eigenvalue weighted by atomic mass is 9.88. The molecule has 0 radical (unpaired) electrons. The summed E-state index contributed by atoms with van der Waals surface area (Å²) in [7, 11) is 0. The molecule has 0 heterocycles. The third-order valence-corrected chi connectivity index (χ3v) is 7.36. The van der Waals surface area contributed by atoms with Crippen LogP contribution in [0.25, 0.3) is 0 Å². The van der Waals surface area contributed by atoms with Crippen LogP contribution < -0.4 is 0 Å². The Bertz CT molecular complexity index is 797. The van der Waals surface area contributed by atoms with Gasteiger partial charge in [0.15, 0.2) is 5.78 Å². The van der Waals surface area contributed by atoms with E-state index in [0.717, 1.165) is 0 Å². The fourth-order valence-corrected chi connectivity index (χ4v) is 4.05. The van der Waals surface area contributed by atoms with E-state index in [1.165, 1.54) is 24.3 Å². The molecule has 1 aromatic carbocycles. The Labute approximate surface area is 162 Å². The molecule has 2 rings (SSSR count). The number of carbonyl (C=O) groups excluding carboxylic acids is 2. The van der Waals surface area contributed by atoms with Gasteiger partial charge in [-0.05, 0) is 47.5 Å². The van der Waals surface area contributed by atoms with E-state index in [2.05, 4.69) is 52.8 Å². The summed E-state index contributed by atoms with van der Waals surface area (Å²) in [5.74, 6) is -0.690. The Balaban J connectivity index is 2.43. The summed E-state index contributed by atoms with van der Waals surface area (Å²) in [6.45, 7) is 3.38. The number of alkyl halides is 2. The largest absolute Gasteiger partial charge is 0.292 e. The highest BCUT2D eigenvalue weighted by Crippen LogP contribution is 2.40. The fourth-order valence-electron chi connectivity index (χ4n) is 2.10. The molecule has 1 aliphatic rings. The molecule has 0 spiro atoms. The molecule has 0 saturated carbocycles. The molecular weight excluding hydrogens is 512 g/mol. The molecule has 2 unspecified atom stereocenters. The lowest BCUT2D eigenvalue weighted by Crippen LogP contribution is -2.47. The average Bonchev–Trinajstić information content (AvgIpc) is 2.55. The average molecular weight is 523 g/mol. The van der Waals surface area contributed by atoms with Crippen molar-refractivity contribution in [2.24, 2.45) is 4.99 Å². The molecule has 126 valence electrons. The lowest BCUT2D eigenvalue weighted by molar-refractivity contribution is -0.384. The summed E-state index contributed by atoms with van der Waals surface area (Å²) in [6, 6.07) is 5.19. The Kier molecular flexibility index (Phi) is 5.56. The van der Waals surface area contributed by atoms with Crippen LogP contribution in [0.3, 0.4) is 0 Å². The summed E-state index contributed by atoms with van der Waals surface area (Å²) < 4.78 is -0.590. The number of nitro groups is 1. The van der Waals surface area contributed by atoms with E-state index in [0.29, 0.717) is 15.8 Å². The van der Waals surface area contributed by atoms with Gasteiger partial charge < -0.3 is 0 Å². The molecule has 0 aliphatic heterocycles. The minimum Gasteiger partial charge on any atom is -0.292 e. The molecular formula is C15H11Br3N2O4. The molecule has 1 amide bonds. The second-order valence-electron chi connectivity index (χ2n) is 5.31. The second kappa shape index (κ2) is 6.97. The van der Waals surface area contributed by atoms with Crippen molar-refractivity contribution in [2.75, 3.05) is 0 Å². The third-order valence-electron chi connectivity index (χ3n) is 3.62. The Morgan fingerprint density at radius 2 is 1.88 bits per heavy atom. The zero-order chi connectivity index (χ0) is 18.2. The Morgan fingerprint density at radius 1 is 1.33 bits per heavy atom. The Morgan fingerprint density at radius 3 is 2.38 bits per heavy atom. The van der Waals surface area contributed by atoms with Crippen LogP contribution in [0.1, 0.15) is 24.2 Å². The highest BCUT2D eigenvalue weighted by atomic mass is 79.9. The van der Waals surface area contributed by atoms with Gasteiger partial charge in [-0.2, -0.15) is 0 Å². The molecule has 1 aromatic rings. The number of hydrogen-bond acceptors (Lipinski definition) is 4.